The van der Waals surface area contributed by atoms with E-state index in [0.717, 1.165) is 6.42 Å². The third kappa shape index (κ3) is 6.07. The summed E-state index contributed by atoms with van der Waals surface area (Å²) >= 11 is 11.3. The van der Waals surface area contributed by atoms with Crippen molar-refractivity contribution in [1.82, 2.24) is 21.5 Å². The molecule has 1 fully saturated rings. The van der Waals surface area contributed by atoms with Crippen molar-refractivity contribution in [3.63, 3.8) is 0 Å². The Bertz CT molecular complexity index is 700. The first-order chi connectivity index (χ1) is 12.8. The first-order valence-electron chi connectivity index (χ1n) is 9.21. The molecule has 1 aliphatic carbocycles. The number of amides is 2. The van der Waals surface area contributed by atoms with Crippen LogP contribution in [0, 0.1) is 11.8 Å². The zero-order chi connectivity index (χ0) is 20.0. The van der Waals surface area contributed by atoms with Gasteiger partial charge in [0.1, 0.15) is 6.04 Å². The molecule has 8 heteroatoms. The van der Waals surface area contributed by atoms with Gasteiger partial charge in [-0.1, -0.05) is 50.4 Å². The highest BCUT2D eigenvalue weighted by Crippen LogP contribution is 2.29. The van der Waals surface area contributed by atoms with E-state index < -0.39 is 17.9 Å². The number of carbonyl (C=O) groups excluding carboxylic acids is 2. The minimum atomic E-state index is -0.752. The molecule has 148 valence electrons. The monoisotopic (exact) mass is 410 g/mol. The van der Waals surface area contributed by atoms with Gasteiger partial charge in [-0.05, 0) is 49.5 Å². The van der Waals surface area contributed by atoms with Crippen molar-refractivity contribution in [2.45, 2.75) is 52.1 Å². The van der Waals surface area contributed by atoms with Gasteiger partial charge >= 0.3 is 0 Å². The molecule has 0 bridgehead atoms. The van der Waals surface area contributed by atoms with Crippen LogP contribution in [-0.2, 0) is 4.79 Å². The maximum Gasteiger partial charge on any atom is 0.260 e. The number of benzene rings is 1. The molecular weight excluding hydrogens is 384 g/mol. The lowest BCUT2D eigenvalue weighted by Crippen LogP contribution is -2.55. The van der Waals surface area contributed by atoms with Crippen molar-refractivity contribution < 1.29 is 9.59 Å². The number of hydrogen-bond acceptors (Lipinski definition) is 3. The van der Waals surface area contributed by atoms with Gasteiger partial charge in [-0.15, -0.1) is 0 Å². The van der Waals surface area contributed by atoms with E-state index in [1.807, 2.05) is 0 Å². The molecule has 0 saturated heterocycles. The van der Waals surface area contributed by atoms with E-state index in [4.69, 9.17) is 23.8 Å². The first kappa shape index (κ1) is 21.4. The number of hydrogen-bond donors (Lipinski definition) is 4. The summed E-state index contributed by atoms with van der Waals surface area (Å²) in [7, 11) is 0. The largest absolute Gasteiger partial charge is 0.358 e. The maximum atomic E-state index is 12.2. The van der Waals surface area contributed by atoms with Crippen LogP contribution in [0.2, 0.25) is 5.02 Å². The Hall–Kier alpha value is -1.86. The molecule has 4 atom stereocenters. The normalized spacial score (nSPS) is 23.0. The van der Waals surface area contributed by atoms with Crippen LogP contribution in [0.5, 0.6) is 0 Å². The Morgan fingerprint density at radius 1 is 1.19 bits per heavy atom. The Labute approximate surface area is 170 Å². The molecule has 1 aliphatic rings. The number of thiocarbonyl (C=S) groups is 1. The van der Waals surface area contributed by atoms with Crippen molar-refractivity contribution in [1.29, 1.82) is 0 Å². The lowest BCUT2D eigenvalue weighted by Gasteiger charge is -2.35. The highest BCUT2D eigenvalue weighted by molar-refractivity contribution is 7.80. The Morgan fingerprint density at radius 2 is 1.89 bits per heavy atom. The van der Waals surface area contributed by atoms with Crippen LogP contribution in [0.25, 0.3) is 0 Å². The number of rotatable bonds is 4. The molecule has 0 radical (unpaired) electrons. The predicted octanol–water partition coefficient (Wildman–Crippen LogP) is 2.78. The molecule has 0 heterocycles. The zero-order valence-electron chi connectivity index (χ0n) is 15.8. The SMILES string of the molecule is C[C@@H]1[C@H](C)CCC[C@H]1NC(=S)NNC(=O)[C@H](C)NC(=O)c1ccccc1Cl. The standard InChI is InChI=1S/C19H27ClN4O2S/c1-11-7-6-10-16(12(11)2)22-19(27)24-23-17(25)13(3)21-18(26)14-8-4-5-9-15(14)20/h4-5,8-9,11-13,16H,6-7,10H2,1-3H3,(H,21,26)(H,23,25)(H2,22,24,27)/t11-,12-,13+,16-/m1/s1. The van der Waals surface area contributed by atoms with Crippen LogP contribution in [0.4, 0.5) is 0 Å². The summed E-state index contributed by atoms with van der Waals surface area (Å²) in [6.07, 6.45) is 3.47. The molecule has 0 spiro atoms. The average Bonchev–Trinajstić information content (AvgIpc) is 2.63. The van der Waals surface area contributed by atoms with Gasteiger partial charge in [-0.3, -0.25) is 20.4 Å². The molecule has 0 aliphatic heterocycles. The maximum absolute atomic E-state index is 12.2. The van der Waals surface area contributed by atoms with Crippen LogP contribution in [-0.4, -0.2) is 29.0 Å². The van der Waals surface area contributed by atoms with Crippen molar-refractivity contribution in [2.24, 2.45) is 11.8 Å². The molecule has 0 aromatic heterocycles. The van der Waals surface area contributed by atoms with Crippen LogP contribution in [0.15, 0.2) is 24.3 Å². The average molecular weight is 411 g/mol. The van der Waals surface area contributed by atoms with Gasteiger partial charge in [0.25, 0.3) is 11.8 Å². The second-order valence-electron chi connectivity index (χ2n) is 7.14. The van der Waals surface area contributed by atoms with Crippen LogP contribution in [0.1, 0.15) is 50.4 Å². The van der Waals surface area contributed by atoms with E-state index >= 15 is 0 Å². The predicted molar refractivity (Wildman–Crippen MR) is 111 cm³/mol. The number of halogens is 1. The second kappa shape index (κ2) is 9.90. The molecule has 27 heavy (non-hydrogen) atoms. The van der Waals surface area contributed by atoms with Gasteiger partial charge in [0.2, 0.25) is 0 Å². The second-order valence-corrected chi connectivity index (χ2v) is 7.95. The Morgan fingerprint density at radius 3 is 2.59 bits per heavy atom. The lowest BCUT2D eigenvalue weighted by molar-refractivity contribution is -0.123. The van der Waals surface area contributed by atoms with Crippen molar-refractivity contribution in [2.75, 3.05) is 0 Å². The molecule has 2 amide bonds. The summed E-state index contributed by atoms with van der Waals surface area (Å²) in [5, 5.41) is 6.59. The molecule has 6 nitrogen and oxygen atoms in total. The number of nitrogens with one attached hydrogen (secondary N) is 4. The van der Waals surface area contributed by atoms with E-state index in [1.165, 1.54) is 12.8 Å². The molecule has 1 aromatic carbocycles. The molecule has 1 saturated carbocycles. The van der Waals surface area contributed by atoms with Gasteiger partial charge in [-0.2, -0.15) is 0 Å². The summed E-state index contributed by atoms with van der Waals surface area (Å²) in [5.74, 6) is 0.357. The summed E-state index contributed by atoms with van der Waals surface area (Å²) in [6.45, 7) is 6.06. The summed E-state index contributed by atoms with van der Waals surface area (Å²) < 4.78 is 0. The van der Waals surface area contributed by atoms with Crippen LogP contribution in [0.3, 0.4) is 0 Å². The molecule has 2 rings (SSSR count). The van der Waals surface area contributed by atoms with E-state index in [2.05, 4.69) is 35.3 Å². The fraction of sp³-hybridized carbons (Fsp3) is 0.526. The fourth-order valence-electron chi connectivity index (χ4n) is 3.20. The smallest absolute Gasteiger partial charge is 0.260 e. The van der Waals surface area contributed by atoms with E-state index in [1.54, 1.807) is 31.2 Å². The summed E-state index contributed by atoms with van der Waals surface area (Å²) in [6, 6.07) is 6.22. The third-order valence-corrected chi connectivity index (χ3v) is 5.73. The van der Waals surface area contributed by atoms with Gasteiger partial charge in [0.15, 0.2) is 5.11 Å². The van der Waals surface area contributed by atoms with Crippen molar-refractivity contribution in [3.8, 4) is 0 Å². The molecule has 1 aromatic rings. The quantitative estimate of drug-likeness (QED) is 0.453. The van der Waals surface area contributed by atoms with E-state index in [-0.39, 0.29) is 0 Å². The van der Waals surface area contributed by atoms with Crippen LogP contribution >= 0.6 is 23.8 Å². The van der Waals surface area contributed by atoms with Crippen molar-refractivity contribution in [3.05, 3.63) is 34.9 Å². The third-order valence-electron chi connectivity index (χ3n) is 5.18. The minimum absolute atomic E-state index is 0.294. The van der Waals surface area contributed by atoms with Gasteiger partial charge in [0.05, 0.1) is 10.6 Å². The lowest BCUT2D eigenvalue weighted by atomic mass is 9.78. The number of hydrazine groups is 1. The fourth-order valence-corrected chi connectivity index (χ4v) is 3.63. The van der Waals surface area contributed by atoms with Crippen molar-refractivity contribution >= 4 is 40.7 Å². The van der Waals surface area contributed by atoms with Gasteiger partial charge in [0, 0.05) is 6.04 Å². The Kier molecular flexibility index (Phi) is 7.86. The first-order valence-corrected chi connectivity index (χ1v) is 10.00. The number of carbonyl (C=O) groups is 2. The Balaban J connectivity index is 1.78. The highest BCUT2D eigenvalue weighted by Gasteiger charge is 2.27. The summed E-state index contributed by atoms with van der Waals surface area (Å²) in [5.41, 5.74) is 5.57. The summed E-state index contributed by atoms with van der Waals surface area (Å²) in [4.78, 5) is 24.4. The van der Waals surface area contributed by atoms with E-state index in [0.29, 0.717) is 33.6 Å². The van der Waals surface area contributed by atoms with Gasteiger partial charge < -0.3 is 10.6 Å². The molecule has 4 N–H and O–H groups in total. The topological polar surface area (TPSA) is 82.3 Å². The minimum Gasteiger partial charge on any atom is -0.358 e. The zero-order valence-corrected chi connectivity index (χ0v) is 17.4. The highest BCUT2D eigenvalue weighted by atomic mass is 35.5. The molecule has 0 unspecified atom stereocenters. The van der Waals surface area contributed by atoms with Crippen LogP contribution < -0.4 is 21.5 Å². The van der Waals surface area contributed by atoms with Gasteiger partial charge in [-0.25, -0.2) is 0 Å². The van der Waals surface area contributed by atoms with E-state index in [9.17, 15) is 9.59 Å². The molecular formula is C19H27ClN4O2S.